The van der Waals surface area contributed by atoms with E-state index in [1.54, 1.807) is 7.11 Å². The minimum Gasteiger partial charge on any atom is -0.382 e. The molecule has 0 aromatic heterocycles. The first-order chi connectivity index (χ1) is 35.8. The summed E-state index contributed by atoms with van der Waals surface area (Å²) in [6.45, 7) is 24.2. The average Bonchev–Trinajstić information content (AvgIpc) is 4.19. The molecule has 12 unspecified atom stereocenters. The molecule has 2 saturated carbocycles. The second kappa shape index (κ2) is 31.8. The normalized spacial score (nSPS) is 36.8. The minimum absolute atomic E-state index is 0.0985. The lowest BCUT2D eigenvalue weighted by Gasteiger charge is -2.35. The molecule has 0 bridgehead atoms. The summed E-state index contributed by atoms with van der Waals surface area (Å²) in [5.74, 6) is 2.71. The minimum atomic E-state index is -0.0985. The third kappa shape index (κ3) is 28.1. The van der Waals surface area contributed by atoms with Crippen molar-refractivity contribution in [3.63, 3.8) is 0 Å². The van der Waals surface area contributed by atoms with Gasteiger partial charge in [0.05, 0.1) is 169 Å². The molecule has 18 nitrogen and oxygen atoms in total. The Morgan fingerprint density at radius 1 is 0.425 bits per heavy atom. The van der Waals surface area contributed by atoms with Crippen LogP contribution in [0.5, 0.6) is 0 Å². The van der Waals surface area contributed by atoms with E-state index in [4.69, 9.17) is 85.3 Å². The van der Waals surface area contributed by atoms with Gasteiger partial charge >= 0.3 is 0 Å². The Balaban J connectivity index is 0.000000132. The van der Waals surface area contributed by atoms with Crippen LogP contribution in [0, 0.1) is 23.2 Å². The van der Waals surface area contributed by atoms with Crippen molar-refractivity contribution in [2.24, 2.45) is 23.2 Å². The standard InChI is InChI=1S/C21H36O4.C15H26O6.C8H14O3.C7H12O3.C4H8O2/c1-15(17-4-8-19(9-5-17)23-12-21-14-25-21)10-16-2-6-18(7-3-16)22-11-20-13-24-20;1-2-15(9-16-3-12-6-19-12,10-17-4-13-7-20-13)11-18-5-14-8-21-14;1-6(2-7-3-10-7)9-4-8-5-11-8;1(6-4-9-6)2-8-3-7-5-10-7;1-5-2-4-3-6-4/h15-21H,2-14H2,1H3;12-14H,2-11H2,1H3;6-8H,2-5H2,1H3;6-7H,1-5H2;4H,2-3H2,1H3. The molecule has 18 heteroatoms. The molecule has 10 saturated heterocycles. The van der Waals surface area contributed by atoms with Gasteiger partial charge < -0.3 is 85.3 Å². The number of rotatable bonds is 34. The molecule has 0 spiro atoms. The van der Waals surface area contributed by atoms with Gasteiger partial charge in [0.1, 0.15) is 48.8 Å². The lowest BCUT2D eigenvalue weighted by atomic mass is 9.73. The summed E-state index contributed by atoms with van der Waals surface area (Å²) < 4.78 is 95.9. The van der Waals surface area contributed by atoms with Gasteiger partial charge in [-0.05, 0) is 95.3 Å². The van der Waals surface area contributed by atoms with E-state index in [1.165, 1.54) is 57.8 Å². The van der Waals surface area contributed by atoms with Crippen LogP contribution < -0.4 is 0 Å². The zero-order chi connectivity index (χ0) is 50.5. The van der Waals surface area contributed by atoms with Gasteiger partial charge in [-0.3, -0.25) is 0 Å². The second-order valence-electron chi connectivity index (χ2n) is 22.7. The molecule has 2 aliphatic carbocycles. The summed E-state index contributed by atoms with van der Waals surface area (Å²) in [7, 11) is 1.68. The Hall–Kier alpha value is -0.720. The summed E-state index contributed by atoms with van der Waals surface area (Å²) in [5, 5.41) is 0. The van der Waals surface area contributed by atoms with Crippen LogP contribution in [-0.2, 0) is 85.3 Å². The van der Waals surface area contributed by atoms with Crippen LogP contribution in [0.3, 0.4) is 0 Å². The van der Waals surface area contributed by atoms with Gasteiger partial charge in [0.15, 0.2) is 0 Å². The van der Waals surface area contributed by atoms with Crippen LogP contribution in [0.4, 0.5) is 0 Å². The maximum absolute atomic E-state index is 5.99. The van der Waals surface area contributed by atoms with E-state index in [2.05, 4.69) is 20.8 Å². The molecular formula is C55H96O18. The predicted octanol–water partition coefficient (Wildman–Crippen LogP) is 5.39. The third-order valence-electron chi connectivity index (χ3n) is 15.4. The van der Waals surface area contributed by atoms with Gasteiger partial charge in [0.2, 0.25) is 0 Å². The smallest absolute Gasteiger partial charge is 0.104 e. The van der Waals surface area contributed by atoms with Crippen molar-refractivity contribution in [3.8, 4) is 0 Å². The van der Waals surface area contributed by atoms with Crippen molar-refractivity contribution in [2.45, 2.75) is 177 Å². The molecular weight excluding hydrogens is 949 g/mol. The fourth-order valence-electron chi connectivity index (χ4n) is 9.29. The van der Waals surface area contributed by atoms with Crippen LogP contribution in [0.1, 0.15) is 97.8 Å². The molecule has 12 rings (SSSR count). The summed E-state index contributed by atoms with van der Waals surface area (Å²) >= 11 is 0. The Kier molecular flexibility index (Phi) is 25.4. The molecule has 12 fully saturated rings. The van der Waals surface area contributed by atoms with E-state index < -0.39 is 0 Å². The molecule has 10 heterocycles. The molecule has 0 N–H and O–H groups in total. The highest BCUT2D eigenvalue weighted by Crippen LogP contribution is 2.38. The average molecular weight is 1050 g/mol. The van der Waals surface area contributed by atoms with Gasteiger partial charge in [0, 0.05) is 25.6 Å². The summed E-state index contributed by atoms with van der Waals surface area (Å²) in [6, 6.07) is 0. The molecule has 12 atom stereocenters. The first kappa shape index (κ1) is 58.4. The molecule has 0 aromatic rings. The van der Waals surface area contributed by atoms with Crippen LogP contribution in [0.2, 0.25) is 0 Å². The second-order valence-corrected chi connectivity index (χ2v) is 22.7. The number of ether oxygens (including phenoxy) is 18. The number of epoxide rings is 10. The summed E-state index contributed by atoms with van der Waals surface area (Å²) in [6.07, 6.45) is 20.1. The van der Waals surface area contributed by atoms with Gasteiger partial charge in [-0.15, -0.1) is 0 Å². The zero-order valence-electron chi connectivity index (χ0n) is 45.1. The molecule has 10 aliphatic heterocycles. The molecule has 0 radical (unpaired) electrons. The maximum Gasteiger partial charge on any atom is 0.104 e. The maximum atomic E-state index is 5.99. The third-order valence-corrected chi connectivity index (χ3v) is 15.4. The van der Waals surface area contributed by atoms with Gasteiger partial charge in [-0.25, -0.2) is 0 Å². The highest BCUT2D eigenvalue weighted by molar-refractivity contribution is 4.83. The molecule has 0 aromatic carbocycles. The van der Waals surface area contributed by atoms with Crippen molar-refractivity contribution < 1.29 is 85.3 Å². The lowest BCUT2D eigenvalue weighted by molar-refractivity contribution is -0.0762. The quantitative estimate of drug-likeness (QED) is 0.0586. The van der Waals surface area contributed by atoms with Gasteiger partial charge in [0.25, 0.3) is 0 Å². The summed E-state index contributed by atoms with van der Waals surface area (Å²) in [4.78, 5) is 0. The van der Waals surface area contributed by atoms with Crippen LogP contribution in [0.25, 0.3) is 0 Å². The largest absolute Gasteiger partial charge is 0.382 e. The number of hydrogen-bond donors (Lipinski definition) is 0. The summed E-state index contributed by atoms with van der Waals surface area (Å²) in [5.41, 5.74) is -0.0985. The van der Waals surface area contributed by atoms with Crippen LogP contribution >= 0.6 is 0 Å². The van der Waals surface area contributed by atoms with E-state index in [-0.39, 0.29) is 5.41 Å². The Morgan fingerprint density at radius 2 is 0.808 bits per heavy atom. The SMILES string of the molecule is C(CC1CO1)OCC1CO1.CC(CC1CCC(OCC2CO2)CC1)C1CCC(OCC2CO2)CC1.CC(CC1CO1)OCC1CO1.CCC(COCC1CO1)(COCC1CO1)COCC1CO1.COCC1CO1. The highest BCUT2D eigenvalue weighted by Gasteiger charge is 2.36. The topological polar surface area (TPSA) is 199 Å². The number of hydrogen-bond acceptors (Lipinski definition) is 18. The fourth-order valence-corrected chi connectivity index (χ4v) is 9.29. The Bertz CT molecular complexity index is 1370. The van der Waals surface area contributed by atoms with E-state index in [1.807, 2.05) is 0 Å². The lowest BCUT2D eigenvalue weighted by Crippen LogP contribution is -2.38. The van der Waals surface area contributed by atoms with Crippen molar-refractivity contribution in [2.75, 3.05) is 152 Å². The van der Waals surface area contributed by atoms with Crippen molar-refractivity contribution >= 4 is 0 Å². The monoisotopic (exact) mass is 1040 g/mol. The van der Waals surface area contributed by atoms with E-state index >= 15 is 0 Å². The predicted molar refractivity (Wildman–Crippen MR) is 267 cm³/mol. The Labute approximate surface area is 436 Å². The van der Waals surface area contributed by atoms with Crippen molar-refractivity contribution in [3.05, 3.63) is 0 Å². The Morgan fingerprint density at radius 3 is 1.21 bits per heavy atom. The fraction of sp³-hybridized carbons (Fsp3) is 1.00. The molecule has 73 heavy (non-hydrogen) atoms. The number of methoxy groups -OCH3 is 1. The van der Waals surface area contributed by atoms with Crippen molar-refractivity contribution in [1.82, 2.24) is 0 Å². The first-order valence-corrected chi connectivity index (χ1v) is 28.6. The highest BCUT2D eigenvalue weighted by atomic mass is 16.6. The van der Waals surface area contributed by atoms with E-state index in [9.17, 15) is 0 Å². The molecule has 424 valence electrons. The molecule has 12 aliphatic rings. The van der Waals surface area contributed by atoms with Gasteiger partial charge in [-0.1, -0.05) is 13.8 Å². The van der Waals surface area contributed by atoms with E-state index in [0.717, 1.165) is 143 Å². The van der Waals surface area contributed by atoms with Crippen LogP contribution in [0.15, 0.2) is 0 Å². The first-order valence-electron chi connectivity index (χ1n) is 28.6. The molecule has 0 amide bonds. The van der Waals surface area contributed by atoms with Crippen LogP contribution in [-0.4, -0.2) is 232 Å². The van der Waals surface area contributed by atoms with Gasteiger partial charge in [-0.2, -0.15) is 0 Å². The van der Waals surface area contributed by atoms with E-state index in [0.29, 0.717) is 119 Å². The zero-order valence-corrected chi connectivity index (χ0v) is 45.1. The van der Waals surface area contributed by atoms with Crippen molar-refractivity contribution in [1.29, 1.82) is 0 Å².